The Bertz CT molecular complexity index is 1190. The van der Waals surface area contributed by atoms with E-state index < -0.39 is 0 Å². The number of aromatic nitrogens is 5. The third-order valence-electron chi connectivity index (χ3n) is 4.90. The number of halogens is 1. The lowest BCUT2D eigenvalue weighted by Crippen LogP contribution is -2.16. The first kappa shape index (κ1) is 21.0. The quantitative estimate of drug-likeness (QED) is 0.424. The second-order valence-corrected chi connectivity index (χ2v) is 8.61. The Morgan fingerprint density at radius 3 is 2.48 bits per heavy atom. The molecule has 0 bridgehead atoms. The van der Waals surface area contributed by atoms with E-state index in [0.717, 1.165) is 21.4 Å². The Morgan fingerprint density at radius 2 is 1.81 bits per heavy atom. The van der Waals surface area contributed by atoms with Crippen molar-refractivity contribution >= 4 is 27.8 Å². The van der Waals surface area contributed by atoms with Gasteiger partial charge in [0, 0.05) is 4.47 Å². The maximum Gasteiger partial charge on any atom is 0.261 e. The maximum absolute atomic E-state index is 13.0. The van der Waals surface area contributed by atoms with Crippen molar-refractivity contribution in [3.8, 4) is 5.69 Å². The number of anilines is 1. The van der Waals surface area contributed by atoms with E-state index in [9.17, 15) is 4.79 Å². The minimum absolute atomic E-state index is 0.104. The zero-order chi connectivity index (χ0) is 22.0. The number of amides is 1. The third kappa shape index (κ3) is 4.74. The monoisotopic (exact) mass is 478 g/mol. The number of hydrogen-bond acceptors (Lipinski definition) is 4. The maximum atomic E-state index is 13.0. The molecule has 0 aliphatic carbocycles. The van der Waals surface area contributed by atoms with Crippen LogP contribution in [0.4, 0.5) is 5.95 Å². The Morgan fingerprint density at radius 1 is 1.10 bits per heavy atom. The van der Waals surface area contributed by atoms with Gasteiger partial charge in [-0.05, 0) is 42.7 Å². The van der Waals surface area contributed by atoms with Gasteiger partial charge in [-0.1, -0.05) is 59.6 Å². The summed E-state index contributed by atoms with van der Waals surface area (Å²) in [6.45, 7) is 6.70. The molecule has 0 saturated heterocycles. The van der Waals surface area contributed by atoms with Crippen LogP contribution in [0, 0.1) is 6.92 Å². The van der Waals surface area contributed by atoms with Gasteiger partial charge in [0.2, 0.25) is 5.95 Å². The second kappa shape index (κ2) is 8.85. The summed E-state index contributed by atoms with van der Waals surface area (Å²) in [6.07, 6.45) is 3.21. The van der Waals surface area contributed by atoms with Crippen molar-refractivity contribution in [1.82, 2.24) is 24.5 Å². The highest BCUT2D eigenvalue weighted by Crippen LogP contribution is 2.24. The molecule has 31 heavy (non-hydrogen) atoms. The lowest BCUT2D eigenvalue weighted by molar-refractivity contribution is 0.102. The average molecular weight is 479 g/mol. The fourth-order valence-corrected chi connectivity index (χ4v) is 3.62. The Hall–Kier alpha value is -3.26. The summed E-state index contributed by atoms with van der Waals surface area (Å²) in [4.78, 5) is 17.2. The predicted molar refractivity (Wildman–Crippen MR) is 124 cm³/mol. The number of nitrogens with one attached hydrogen (secondary N) is 1. The summed E-state index contributed by atoms with van der Waals surface area (Å²) in [5, 5.41) is 11.7. The Balaban J connectivity index is 1.53. The fraction of sp³-hybridized carbons (Fsp3) is 0.217. The summed E-state index contributed by atoms with van der Waals surface area (Å²) in [5.41, 5.74) is 4.54. The molecular weight excluding hydrogens is 456 g/mol. The summed E-state index contributed by atoms with van der Waals surface area (Å²) in [5.74, 6) is 0.0934. The third-order valence-corrected chi connectivity index (χ3v) is 5.42. The molecule has 0 aliphatic heterocycles. The van der Waals surface area contributed by atoms with Crippen LogP contribution in [0.1, 0.15) is 46.9 Å². The smallest absolute Gasteiger partial charge is 0.261 e. The number of aryl methyl sites for hydroxylation is 1. The van der Waals surface area contributed by atoms with Crippen LogP contribution in [0.5, 0.6) is 0 Å². The first-order valence-electron chi connectivity index (χ1n) is 10.0. The molecule has 4 rings (SSSR count). The van der Waals surface area contributed by atoms with E-state index in [1.165, 1.54) is 5.56 Å². The largest absolute Gasteiger partial charge is 0.289 e. The summed E-state index contributed by atoms with van der Waals surface area (Å²) in [7, 11) is 0. The summed E-state index contributed by atoms with van der Waals surface area (Å²) in [6, 6.07) is 16.0. The molecule has 0 fully saturated rings. The van der Waals surface area contributed by atoms with Crippen LogP contribution in [0.2, 0.25) is 0 Å². The van der Waals surface area contributed by atoms with E-state index in [4.69, 9.17) is 0 Å². The molecule has 0 radical (unpaired) electrons. The molecule has 0 aliphatic rings. The highest BCUT2D eigenvalue weighted by molar-refractivity contribution is 9.10. The van der Waals surface area contributed by atoms with Gasteiger partial charge in [-0.25, -0.2) is 14.3 Å². The molecule has 0 spiro atoms. The van der Waals surface area contributed by atoms with Crippen molar-refractivity contribution in [3.63, 3.8) is 0 Å². The normalized spacial score (nSPS) is 11.1. The van der Waals surface area contributed by atoms with Crippen LogP contribution in [0.15, 0.2) is 65.5 Å². The first-order valence-corrected chi connectivity index (χ1v) is 10.8. The highest BCUT2D eigenvalue weighted by Gasteiger charge is 2.22. The van der Waals surface area contributed by atoms with Gasteiger partial charge in [-0.2, -0.15) is 5.10 Å². The van der Waals surface area contributed by atoms with Crippen LogP contribution in [-0.2, 0) is 6.54 Å². The van der Waals surface area contributed by atoms with E-state index in [1.54, 1.807) is 17.2 Å². The van der Waals surface area contributed by atoms with Crippen LogP contribution in [0.25, 0.3) is 5.69 Å². The molecular formula is C23H23BrN6O. The second-order valence-electron chi connectivity index (χ2n) is 7.69. The fourth-order valence-electron chi connectivity index (χ4n) is 3.35. The van der Waals surface area contributed by atoms with E-state index in [1.807, 2.05) is 74.0 Å². The van der Waals surface area contributed by atoms with Gasteiger partial charge in [0.15, 0.2) is 0 Å². The predicted octanol–water partition coefficient (Wildman–Crippen LogP) is 4.96. The van der Waals surface area contributed by atoms with Crippen molar-refractivity contribution in [2.24, 2.45) is 0 Å². The van der Waals surface area contributed by atoms with Gasteiger partial charge in [0.25, 0.3) is 5.91 Å². The van der Waals surface area contributed by atoms with Crippen molar-refractivity contribution < 1.29 is 4.79 Å². The van der Waals surface area contributed by atoms with Gasteiger partial charge in [0.1, 0.15) is 6.33 Å². The van der Waals surface area contributed by atoms with Crippen LogP contribution >= 0.6 is 15.9 Å². The van der Waals surface area contributed by atoms with Crippen LogP contribution in [0.3, 0.4) is 0 Å². The van der Waals surface area contributed by atoms with Gasteiger partial charge in [-0.3, -0.25) is 10.1 Å². The Kier molecular flexibility index (Phi) is 5.99. The van der Waals surface area contributed by atoms with Crippen molar-refractivity contribution in [2.45, 2.75) is 33.2 Å². The zero-order valence-corrected chi connectivity index (χ0v) is 19.2. The van der Waals surface area contributed by atoms with E-state index >= 15 is 0 Å². The van der Waals surface area contributed by atoms with Crippen molar-refractivity contribution in [2.75, 3.05) is 5.32 Å². The molecule has 2 aromatic carbocycles. The topological polar surface area (TPSA) is 77.6 Å². The minimum Gasteiger partial charge on any atom is -0.289 e. The Labute approximate surface area is 189 Å². The molecule has 8 heteroatoms. The number of benzene rings is 2. The number of rotatable bonds is 6. The van der Waals surface area contributed by atoms with Crippen LogP contribution < -0.4 is 5.32 Å². The van der Waals surface area contributed by atoms with E-state index in [2.05, 4.69) is 36.4 Å². The molecule has 4 aromatic rings. The molecule has 158 valence electrons. The SMILES string of the molecule is Cc1ccc(-n2ncc(C(=O)Nc3ncn(Cc4ccc(Br)cc4)n3)c2C(C)C)cc1. The van der Waals surface area contributed by atoms with Gasteiger partial charge in [0.05, 0.1) is 29.7 Å². The molecule has 1 N–H and O–H groups in total. The number of carbonyl (C=O) groups excluding carboxylic acids is 1. The summed E-state index contributed by atoms with van der Waals surface area (Å²) < 4.78 is 4.53. The number of carbonyl (C=O) groups is 1. The number of nitrogens with zero attached hydrogens (tertiary/aromatic N) is 5. The summed E-state index contributed by atoms with van der Waals surface area (Å²) >= 11 is 3.43. The molecule has 0 atom stereocenters. The minimum atomic E-state index is -0.275. The van der Waals surface area contributed by atoms with Gasteiger partial charge < -0.3 is 0 Å². The molecule has 0 unspecified atom stereocenters. The van der Waals surface area contributed by atoms with Gasteiger partial charge >= 0.3 is 0 Å². The van der Waals surface area contributed by atoms with E-state index in [0.29, 0.717) is 12.1 Å². The standard InChI is InChI=1S/C23H23BrN6O/c1-15(2)21-20(12-26-30(21)19-10-4-16(3)5-11-19)22(31)27-23-25-14-29(28-23)13-17-6-8-18(24)9-7-17/h4-12,14-15H,13H2,1-3H3,(H,27,28,31). The van der Waals surface area contributed by atoms with Gasteiger partial charge in [-0.15, -0.1) is 5.10 Å². The molecule has 2 aromatic heterocycles. The van der Waals surface area contributed by atoms with Crippen molar-refractivity contribution in [3.05, 3.63) is 87.9 Å². The first-order chi connectivity index (χ1) is 14.9. The highest BCUT2D eigenvalue weighted by atomic mass is 79.9. The van der Waals surface area contributed by atoms with Crippen molar-refractivity contribution in [1.29, 1.82) is 0 Å². The molecule has 0 saturated carbocycles. The van der Waals surface area contributed by atoms with E-state index in [-0.39, 0.29) is 17.8 Å². The molecule has 7 nitrogen and oxygen atoms in total. The number of hydrogen-bond donors (Lipinski definition) is 1. The zero-order valence-electron chi connectivity index (χ0n) is 17.6. The van der Waals surface area contributed by atoms with Crippen LogP contribution in [-0.4, -0.2) is 30.5 Å². The average Bonchev–Trinajstić information content (AvgIpc) is 3.37. The lowest BCUT2D eigenvalue weighted by atomic mass is 10.0. The molecule has 1 amide bonds. The molecule has 2 heterocycles. The lowest BCUT2D eigenvalue weighted by Gasteiger charge is -2.12.